The number of Topliss-reactive ketones (excluding diaryl/α,β-unsaturated/α-hetero) is 2. The molecule has 1 fully saturated rings. The number of carboxylic acids is 2. The Kier molecular flexibility index (Phi) is 43.5. The second kappa shape index (κ2) is 54.0. The highest BCUT2D eigenvalue weighted by Gasteiger charge is 2.33. The number of nitrogens with one attached hydrogen (secondary N) is 7. The number of carboxylic acid groups (broad SMARTS) is 2. The Bertz CT molecular complexity index is 4420. The van der Waals surface area contributed by atoms with Crippen LogP contribution >= 0.6 is 0 Å². The van der Waals surface area contributed by atoms with Crippen LogP contribution in [0.15, 0.2) is 131 Å². The molecule has 656 valence electrons. The maximum atomic E-state index is 12.9. The van der Waals surface area contributed by atoms with Crippen molar-refractivity contribution in [3.63, 3.8) is 0 Å². The van der Waals surface area contributed by atoms with E-state index in [1.54, 1.807) is 60.7 Å². The van der Waals surface area contributed by atoms with Gasteiger partial charge in [0.1, 0.15) is 24.7 Å². The first-order valence-electron chi connectivity index (χ1n) is 37.8. The van der Waals surface area contributed by atoms with Gasteiger partial charge in [-0.15, -0.1) is 5.06 Å². The molecule has 7 rings (SSSR count). The molecular weight excluding hydrogens is 1610 g/mol. The zero-order valence-electron chi connectivity index (χ0n) is 66.2. The van der Waals surface area contributed by atoms with Crippen molar-refractivity contribution < 1.29 is 130 Å². The first kappa shape index (κ1) is 98.3. The van der Waals surface area contributed by atoms with E-state index >= 15 is 0 Å². The van der Waals surface area contributed by atoms with Crippen LogP contribution in [0.5, 0.6) is 11.5 Å². The number of benzene rings is 4. The van der Waals surface area contributed by atoms with Crippen LogP contribution in [0.4, 0.5) is 22.7 Å². The van der Waals surface area contributed by atoms with E-state index in [2.05, 4.69) is 52.0 Å². The number of amides is 13. The fraction of sp³-hybridized carbons (Fsp3) is 0.385. The number of hydrogen-bond donors (Lipinski definition) is 14. The Morgan fingerprint density at radius 3 is 1.18 bits per heavy atom. The van der Waals surface area contributed by atoms with Gasteiger partial charge in [0, 0.05) is 124 Å². The summed E-state index contributed by atoms with van der Waals surface area (Å²) in [5.41, 5.74) is 28.6. The van der Waals surface area contributed by atoms with Crippen LogP contribution in [0.1, 0.15) is 84.9 Å². The molecule has 19 N–H and O–H groups in total. The van der Waals surface area contributed by atoms with E-state index < -0.39 is 126 Å². The number of anilines is 2. The van der Waals surface area contributed by atoms with E-state index in [1.165, 1.54) is 36.4 Å². The maximum absolute atomic E-state index is 12.9. The van der Waals surface area contributed by atoms with E-state index in [0.29, 0.717) is 52.5 Å². The lowest BCUT2D eigenvalue weighted by molar-refractivity contribution is -0.198. The first-order chi connectivity index (χ1) is 58.4. The Labute approximate surface area is 697 Å². The topological polar surface area (TPSA) is 661 Å². The van der Waals surface area contributed by atoms with Crippen LogP contribution in [0, 0.1) is 11.8 Å². The van der Waals surface area contributed by atoms with Crippen LogP contribution in [0.2, 0.25) is 0 Å². The van der Waals surface area contributed by atoms with Crippen LogP contribution in [0.25, 0.3) is 0 Å². The summed E-state index contributed by atoms with van der Waals surface area (Å²) in [6.07, 6.45) is 2.74. The zero-order valence-corrected chi connectivity index (χ0v) is 66.2. The van der Waals surface area contributed by atoms with Crippen molar-refractivity contribution in [1.82, 2.24) is 41.4 Å². The van der Waals surface area contributed by atoms with Crippen molar-refractivity contribution in [3.8, 4) is 11.5 Å². The van der Waals surface area contributed by atoms with Gasteiger partial charge >= 0.3 is 17.9 Å². The molecule has 0 spiro atoms. The van der Waals surface area contributed by atoms with Gasteiger partial charge in [-0.1, -0.05) is 12.1 Å². The highest BCUT2D eigenvalue weighted by atomic mass is 16.7. The van der Waals surface area contributed by atoms with Gasteiger partial charge < -0.3 is 109 Å². The van der Waals surface area contributed by atoms with Crippen LogP contribution in [-0.2, 0) is 100 Å². The second-order valence-corrected chi connectivity index (χ2v) is 26.0. The van der Waals surface area contributed by atoms with Gasteiger partial charge in [-0.05, 0) is 84.9 Å². The van der Waals surface area contributed by atoms with Gasteiger partial charge in [0.25, 0.3) is 47.3 Å². The number of rotatable bonds is 52. The molecular formula is C78H97N17O27. The van der Waals surface area contributed by atoms with Gasteiger partial charge in [-0.3, -0.25) is 91.3 Å². The molecule has 44 nitrogen and oxygen atoms in total. The summed E-state index contributed by atoms with van der Waals surface area (Å²) in [6.45, 7) is 2.36. The minimum atomic E-state index is -1.28. The number of guanidine groups is 2. The number of ketones is 2. The Morgan fingerprint density at radius 2 is 0.795 bits per heavy atom. The molecule has 122 heavy (non-hydrogen) atoms. The Balaban J connectivity index is 0.000000348. The summed E-state index contributed by atoms with van der Waals surface area (Å²) < 4.78 is 32.2. The van der Waals surface area contributed by atoms with Gasteiger partial charge in [-0.2, -0.15) is 0 Å². The van der Waals surface area contributed by atoms with E-state index in [-0.39, 0.29) is 184 Å². The van der Waals surface area contributed by atoms with E-state index in [4.69, 9.17) is 62.2 Å². The maximum Gasteiger partial charge on any atom is 0.335 e. The largest absolute Gasteiger partial charge is 0.492 e. The number of hydrogen-bond acceptors (Lipinski definition) is 28. The van der Waals surface area contributed by atoms with Crippen LogP contribution in [0.3, 0.4) is 0 Å². The molecule has 2 atom stereocenters. The summed E-state index contributed by atoms with van der Waals surface area (Å²) in [5, 5.41) is 37.0. The molecule has 0 aromatic heterocycles. The molecule has 0 bridgehead atoms. The Morgan fingerprint density at radius 1 is 0.426 bits per heavy atom. The van der Waals surface area contributed by atoms with Crippen LogP contribution in [-0.4, -0.2) is 262 Å². The molecule has 3 aliphatic rings. The number of imide groups is 3. The minimum Gasteiger partial charge on any atom is -0.492 e. The van der Waals surface area contributed by atoms with E-state index in [1.807, 2.05) is 0 Å². The number of aliphatic imine (C=N–C) groups is 2. The zero-order chi connectivity index (χ0) is 89.3. The predicted octanol–water partition coefficient (Wildman–Crippen LogP) is -1.84. The molecule has 1 saturated heterocycles. The average molecular weight is 1700 g/mol. The number of hydroxylamine groups is 2. The highest BCUT2D eigenvalue weighted by molar-refractivity contribution is 6.14. The van der Waals surface area contributed by atoms with Crippen molar-refractivity contribution in [3.05, 3.63) is 132 Å². The fourth-order valence-corrected chi connectivity index (χ4v) is 10.5. The van der Waals surface area contributed by atoms with Gasteiger partial charge in [0.15, 0.2) is 23.5 Å². The van der Waals surface area contributed by atoms with Gasteiger partial charge in [-0.25, -0.2) is 14.8 Å². The summed E-state index contributed by atoms with van der Waals surface area (Å²) >= 11 is 0. The SMILES string of the molecule is NC(N)=Nc1cccc(C(=O)NCC(=O)C[C@@H](CC(=O)O)C(=O)Nc2ccc(OCCNC(=O)CCOCCOCCNC(=O)CCN3C(=O)C=CC3=O)cc2)c1.NCCOc1ccc(NC(=O)[C@H](CC(=O)O)CC(=O)CNC(=O)c2cccc(N=C(N)N)c2)cc1.O=C(CCN1C(=O)C=CC1=O)NCCOCCOCCC(=O)ON1C(=O)CCC1=O. The number of carbonyl (C=O) groups excluding carboxylic acids is 16. The third-order valence-electron chi connectivity index (χ3n) is 16.4. The van der Waals surface area contributed by atoms with E-state index in [0.717, 1.165) is 34.1 Å². The molecule has 0 radical (unpaired) electrons. The average Bonchev–Trinajstić information content (AvgIpc) is 1.23. The highest BCUT2D eigenvalue weighted by Crippen LogP contribution is 2.23. The molecule has 13 amide bonds. The monoisotopic (exact) mass is 1700 g/mol. The van der Waals surface area contributed by atoms with Gasteiger partial charge in [0.2, 0.25) is 29.5 Å². The molecule has 3 aliphatic heterocycles. The van der Waals surface area contributed by atoms with Crippen molar-refractivity contribution in [2.75, 3.05) is 129 Å². The molecule has 4 aromatic carbocycles. The Hall–Kier alpha value is -14.2. The van der Waals surface area contributed by atoms with E-state index in [9.17, 15) is 91.4 Å². The quantitative estimate of drug-likeness (QED) is 0.00999. The standard InChI is InChI=1S/C37H46N8O12.C23H28N6O6.C18H23N3O9/c38-37(39)44-27-3-1-2-24(20-27)35(53)42-23-28(46)21-25(22-34(51)52)36(54)43-26-4-6-29(7-5-26)57-17-13-41-31(48)11-15-55-18-19-56-16-12-40-30(47)10-14-45-32(49)8-9-33(45)50;24-8-9-35-19-6-4-16(5-7-19)28-22(34)15(12-20(31)32)11-18(30)13-27-21(33)14-2-1-3-17(10-14)29-23(25)26;22-13(5-8-20-14(23)1-2-15(20)24)19-7-10-29-12-11-28-9-6-18(27)30-21-16(25)3-4-17(21)26/h1-9,20,25H,10-19,21-23H2,(H,40,47)(H,41,48)(H,42,53)(H,43,54)(H,51,52)(H4,38,39,44);1-7,10,15H,8-9,11-13,24H2,(H,27,33)(H,28,34)(H,31,32)(H4,25,26,29);1-2H,3-12H2,(H,19,22)/t25-;15-;/m00./s1. The molecule has 44 heteroatoms. The van der Waals surface area contributed by atoms with Crippen molar-refractivity contribution in [2.24, 2.45) is 50.5 Å². The molecule has 3 heterocycles. The molecule has 0 saturated carbocycles. The fourth-order valence-electron chi connectivity index (χ4n) is 10.5. The smallest absolute Gasteiger partial charge is 0.335 e. The number of nitrogens with two attached hydrogens (primary N) is 5. The van der Waals surface area contributed by atoms with Crippen LogP contribution < -0.4 is 75.4 Å². The third kappa shape index (κ3) is 39.3. The number of nitrogens with zero attached hydrogens (tertiary/aromatic N) is 5. The first-order valence-corrected chi connectivity index (χ1v) is 37.8. The normalized spacial score (nSPS) is 12.9. The lowest BCUT2D eigenvalue weighted by atomic mass is 9.97. The second-order valence-electron chi connectivity index (χ2n) is 26.0. The molecule has 0 unspecified atom stereocenters. The summed E-state index contributed by atoms with van der Waals surface area (Å²) in [5.74, 6) is -12.2. The number of ether oxygens (including phenoxy) is 6. The predicted molar refractivity (Wildman–Crippen MR) is 429 cm³/mol. The molecule has 0 aliphatic carbocycles. The number of aliphatic carboxylic acids is 2. The lowest BCUT2D eigenvalue weighted by Crippen LogP contribution is -2.35. The van der Waals surface area contributed by atoms with Crippen molar-refractivity contribution >= 4 is 141 Å². The summed E-state index contributed by atoms with van der Waals surface area (Å²) in [6, 6.07) is 24.8. The molecule has 4 aromatic rings. The minimum absolute atomic E-state index is 0.00623. The summed E-state index contributed by atoms with van der Waals surface area (Å²) in [4.78, 5) is 228. The van der Waals surface area contributed by atoms with Crippen molar-refractivity contribution in [1.29, 1.82) is 0 Å². The summed E-state index contributed by atoms with van der Waals surface area (Å²) in [7, 11) is 0. The number of carbonyl (C=O) groups is 18. The van der Waals surface area contributed by atoms with Crippen molar-refractivity contribution in [2.45, 2.75) is 64.2 Å². The van der Waals surface area contributed by atoms with Gasteiger partial charge in [0.05, 0.1) is 115 Å². The third-order valence-corrected chi connectivity index (χ3v) is 16.4. The lowest BCUT2D eigenvalue weighted by Gasteiger charge is -2.15.